The topological polar surface area (TPSA) is 17.1 Å². The SMILES string of the molecule is O=C(Cl)C12CCC(C1)C1CCCC12. The molecule has 72 valence electrons. The molecule has 0 radical (unpaired) electrons. The number of hydrogen-bond acceptors (Lipinski definition) is 1. The van der Waals surface area contributed by atoms with E-state index in [9.17, 15) is 4.79 Å². The van der Waals surface area contributed by atoms with Gasteiger partial charge in [0.1, 0.15) is 0 Å². The number of carbonyl (C=O) groups excluding carboxylic acids is 1. The molecule has 0 N–H and O–H groups in total. The summed E-state index contributed by atoms with van der Waals surface area (Å²) in [6.45, 7) is 0. The molecule has 0 heterocycles. The van der Waals surface area contributed by atoms with Crippen molar-refractivity contribution in [3.63, 3.8) is 0 Å². The van der Waals surface area contributed by atoms with Crippen molar-refractivity contribution in [3.05, 3.63) is 0 Å². The molecular weight excluding hydrogens is 184 g/mol. The number of fused-ring (bicyclic) bond motifs is 5. The van der Waals surface area contributed by atoms with Gasteiger partial charge in [-0.25, -0.2) is 0 Å². The molecule has 0 amide bonds. The smallest absolute Gasteiger partial charge is 0.228 e. The van der Waals surface area contributed by atoms with Crippen LogP contribution in [0.3, 0.4) is 0 Å². The van der Waals surface area contributed by atoms with Crippen molar-refractivity contribution in [2.24, 2.45) is 23.2 Å². The van der Waals surface area contributed by atoms with E-state index in [2.05, 4.69) is 0 Å². The highest BCUT2D eigenvalue weighted by Crippen LogP contribution is 2.66. The van der Waals surface area contributed by atoms with Gasteiger partial charge >= 0.3 is 0 Å². The second-order valence-corrected chi connectivity index (χ2v) is 5.48. The zero-order valence-corrected chi connectivity index (χ0v) is 8.52. The highest BCUT2D eigenvalue weighted by atomic mass is 35.5. The van der Waals surface area contributed by atoms with Crippen LogP contribution in [0.15, 0.2) is 0 Å². The fourth-order valence-electron chi connectivity index (χ4n) is 4.38. The normalized spacial score (nSPS) is 52.5. The summed E-state index contributed by atoms with van der Waals surface area (Å²) in [7, 11) is 0. The summed E-state index contributed by atoms with van der Waals surface area (Å²) in [4.78, 5) is 11.5. The molecule has 0 spiro atoms. The number of halogens is 1. The lowest BCUT2D eigenvalue weighted by Gasteiger charge is -2.32. The Kier molecular flexibility index (Phi) is 1.59. The van der Waals surface area contributed by atoms with Crippen molar-refractivity contribution in [2.45, 2.75) is 38.5 Å². The fraction of sp³-hybridized carbons (Fsp3) is 0.909. The van der Waals surface area contributed by atoms with Crippen molar-refractivity contribution in [1.82, 2.24) is 0 Å². The third-order valence-corrected chi connectivity index (χ3v) is 5.24. The Morgan fingerprint density at radius 1 is 1.31 bits per heavy atom. The maximum atomic E-state index is 11.5. The summed E-state index contributed by atoms with van der Waals surface area (Å²) in [5.41, 5.74) is -0.0621. The third kappa shape index (κ3) is 0.869. The van der Waals surface area contributed by atoms with Gasteiger partial charge in [-0.05, 0) is 61.5 Å². The van der Waals surface area contributed by atoms with Crippen molar-refractivity contribution in [1.29, 1.82) is 0 Å². The van der Waals surface area contributed by atoms with Gasteiger partial charge in [-0.2, -0.15) is 0 Å². The first-order valence-corrected chi connectivity index (χ1v) is 5.82. The Morgan fingerprint density at radius 2 is 2.15 bits per heavy atom. The van der Waals surface area contributed by atoms with Crippen molar-refractivity contribution in [3.8, 4) is 0 Å². The van der Waals surface area contributed by atoms with Crippen LogP contribution in [-0.4, -0.2) is 5.24 Å². The van der Waals surface area contributed by atoms with Crippen molar-refractivity contribution < 1.29 is 4.79 Å². The summed E-state index contributed by atoms with van der Waals surface area (Å²) in [6.07, 6.45) is 7.42. The molecule has 2 bridgehead atoms. The van der Waals surface area contributed by atoms with E-state index in [1.165, 1.54) is 25.7 Å². The average Bonchev–Trinajstić information content (AvgIpc) is 2.76. The van der Waals surface area contributed by atoms with E-state index in [0.717, 1.165) is 24.7 Å². The maximum Gasteiger partial charge on any atom is 0.228 e. The van der Waals surface area contributed by atoms with Gasteiger partial charge in [0.25, 0.3) is 0 Å². The summed E-state index contributed by atoms with van der Waals surface area (Å²) in [5.74, 6) is 2.36. The maximum absolute atomic E-state index is 11.5. The molecule has 0 aromatic rings. The van der Waals surface area contributed by atoms with Crippen LogP contribution in [0.4, 0.5) is 0 Å². The third-order valence-electron chi connectivity index (χ3n) is 4.86. The standard InChI is InChI=1S/C11H15ClO/c12-10(13)11-5-4-7(6-11)8-2-1-3-9(8)11/h7-9H,1-6H2. The molecule has 0 aromatic heterocycles. The van der Waals surface area contributed by atoms with Crippen LogP contribution in [0.2, 0.25) is 0 Å². The zero-order chi connectivity index (χ0) is 9.05. The van der Waals surface area contributed by atoms with Gasteiger partial charge < -0.3 is 0 Å². The van der Waals surface area contributed by atoms with Gasteiger partial charge in [0, 0.05) is 5.41 Å². The van der Waals surface area contributed by atoms with Crippen LogP contribution in [0.5, 0.6) is 0 Å². The molecule has 3 rings (SSSR count). The zero-order valence-electron chi connectivity index (χ0n) is 7.76. The molecule has 0 aromatic carbocycles. The molecule has 4 atom stereocenters. The first-order valence-electron chi connectivity index (χ1n) is 5.44. The summed E-state index contributed by atoms with van der Waals surface area (Å²) < 4.78 is 0. The van der Waals surface area contributed by atoms with E-state index < -0.39 is 0 Å². The van der Waals surface area contributed by atoms with Crippen LogP contribution >= 0.6 is 11.6 Å². The van der Waals surface area contributed by atoms with Gasteiger partial charge in [-0.15, -0.1) is 0 Å². The Bertz CT molecular complexity index is 263. The molecule has 1 nitrogen and oxygen atoms in total. The Hall–Kier alpha value is -0.0400. The van der Waals surface area contributed by atoms with E-state index in [-0.39, 0.29) is 10.7 Å². The molecule has 3 aliphatic carbocycles. The predicted octanol–water partition coefficient (Wildman–Crippen LogP) is 2.97. The van der Waals surface area contributed by atoms with Gasteiger partial charge in [-0.1, -0.05) is 6.42 Å². The number of carbonyl (C=O) groups is 1. The largest absolute Gasteiger partial charge is 0.281 e. The molecule has 4 unspecified atom stereocenters. The van der Waals surface area contributed by atoms with Gasteiger partial charge in [-0.3, -0.25) is 4.79 Å². The molecule has 3 aliphatic rings. The van der Waals surface area contributed by atoms with E-state index in [0.29, 0.717) is 5.92 Å². The Balaban J connectivity index is 2.00. The molecule has 0 aliphatic heterocycles. The summed E-state index contributed by atoms with van der Waals surface area (Å²) >= 11 is 5.80. The van der Waals surface area contributed by atoms with Gasteiger partial charge in [0.2, 0.25) is 5.24 Å². The molecular formula is C11H15ClO. The highest BCUT2D eigenvalue weighted by Gasteiger charge is 2.61. The van der Waals surface area contributed by atoms with E-state index in [4.69, 9.17) is 11.6 Å². The van der Waals surface area contributed by atoms with Gasteiger partial charge in [0.05, 0.1) is 0 Å². The summed E-state index contributed by atoms with van der Waals surface area (Å²) in [5, 5.41) is -0.0237. The van der Waals surface area contributed by atoms with Crippen LogP contribution in [0.25, 0.3) is 0 Å². The minimum absolute atomic E-state index is 0.0237. The Labute approximate surface area is 83.8 Å². The number of rotatable bonds is 1. The lowest BCUT2D eigenvalue weighted by molar-refractivity contribution is -0.122. The second-order valence-electron chi connectivity index (χ2n) is 5.13. The molecule has 3 fully saturated rings. The predicted molar refractivity (Wildman–Crippen MR) is 51.5 cm³/mol. The first kappa shape index (κ1) is 8.28. The van der Waals surface area contributed by atoms with Crippen molar-refractivity contribution >= 4 is 16.8 Å². The molecule has 3 saturated carbocycles. The number of hydrogen-bond donors (Lipinski definition) is 0. The monoisotopic (exact) mass is 198 g/mol. The Morgan fingerprint density at radius 3 is 2.92 bits per heavy atom. The van der Waals surface area contributed by atoms with Crippen LogP contribution in [-0.2, 0) is 4.79 Å². The van der Waals surface area contributed by atoms with E-state index >= 15 is 0 Å². The summed E-state index contributed by atoms with van der Waals surface area (Å²) in [6, 6.07) is 0. The van der Waals surface area contributed by atoms with Crippen molar-refractivity contribution in [2.75, 3.05) is 0 Å². The van der Waals surface area contributed by atoms with Gasteiger partial charge in [0.15, 0.2) is 0 Å². The lowest BCUT2D eigenvalue weighted by atomic mass is 9.72. The lowest BCUT2D eigenvalue weighted by Crippen LogP contribution is -2.32. The first-order chi connectivity index (χ1) is 6.24. The van der Waals surface area contributed by atoms with E-state index in [1.54, 1.807) is 0 Å². The van der Waals surface area contributed by atoms with Crippen LogP contribution in [0.1, 0.15) is 38.5 Å². The molecule has 2 heteroatoms. The second kappa shape index (κ2) is 2.50. The molecule has 13 heavy (non-hydrogen) atoms. The quantitative estimate of drug-likeness (QED) is 0.592. The molecule has 0 saturated heterocycles. The highest BCUT2D eigenvalue weighted by molar-refractivity contribution is 6.64. The van der Waals surface area contributed by atoms with Crippen LogP contribution < -0.4 is 0 Å². The fourth-order valence-corrected chi connectivity index (χ4v) is 4.69. The van der Waals surface area contributed by atoms with Crippen LogP contribution in [0, 0.1) is 23.2 Å². The average molecular weight is 199 g/mol. The minimum Gasteiger partial charge on any atom is -0.281 e. The minimum atomic E-state index is -0.0621. The van der Waals surface area contributed by atoms with E-state index in [1.807, 2.05) is 0 Å².